The molecular formula is C16H26ClFN2O2. The van der Waals surface area contributed by atoms with E-state index in [1.807, 2.05) is 13.8 Å². The Morgan fingerprint density at radius 1 is 1.27 bits per heavy atom. The zero-order chi connectivity index (χ0) is 15.7. The molecule has 126 valence electrons. The first-order chi connectivity index (χ1) is 9.99. The van der Waals surface area contributed by atoms with Crippen molar-refractivity contribution in [3.63, 3.8) is 0 Å². The number of carbonyl (C=O) groups is 1. The summed E-state index contributed by atoms with van der Waals surface area (Å²) in [6.45, 7) is 4.96. The van der Waals surface area contributed by atoms with E-state index >= 15 is 0 Å². The van der Waals surface area contributed by atoms with Crippen molar-refractivity contribution < 1.29 is 13.9 Å². The average Bonchev–Trinajstić information content (AvgIpc) is 2.51. The van der Waals surface area contributed by atoms with Crippen LogP contribution in [-0.2, 0) is 4.79 Å². The zero-order valence-electron chi connectivity index (χ0n) is 13.2. The fraction of sp³-hybridized carbons (Fsp3) is 0.562. The molecule has 3 N–H and O–H groups in total. The third kappa shape index (κ3) is 7.61. The second-order valence-corrected chi connectivity index (χ2v) is 5.25. The summed E-state index contributed by atoms with van der Waals surface area (Å²) in [5, 5.41) is 2.86. The Bertz CT molecular complexity index is 436. The van der Waals surface area contributed by atoms with Crippen LogP contribution in [0.15, 0.2) is 24.3 Å². The molecular weight excluding hydrogens is 307 g/mol. The maximum atomic E-state index is 12.7. The normalized spacial score (nSPS) is 10.7. The average molecular weight is 333 g/mol. The Balaban J connectivity index is 0.00000441. The molecule has 0 unspecified atom stereocenters. The summed E-state index contributed by atoms with van der Waals surface area (Å²) < 4.78 is 18.1. The standard InChI is InChI=1S/C16H25FN2O2.ClH/c1-3-16(18,4-2)12-19-15(20)6-5-11-21-14-9-7-13(17)8-10-14;/h7-10H,3-6,11-12,18H2,1-2H3,(H,19,20);1H. The number of carbonyl (C=O) groups excluding carboxylic acids is 1. The Morgan fingerprint density at radius 2 is 1.86 bits per heavy atom. The summed E-state index contributed by atoms with van der Waals surface area (Å²) in [6, 6.07) is 5.83. The van der Waals surface area contributed by atoms with Crippen molar-refractivity contribution in [2.75, 3.05) is 13.2 Å². The molecule has 1 aromatic carbocycles. The summed E-state index contributed by atoms with van der Waals surface area (Å²) in [4.78, 5) is 11.7. The summed E-state index contributed by atoms with van der Waals surface area (Å²) in [6.07, 6.45) is 2.67. The van der Waals surface area contributed by atoms with Crippen LogP contribution in [0.1, 0.15) is 39.5 Å². The number of nitrogens with one attached hydrogen (secondary N) is 1. The van der Waals surface area contributed by atoms with Gasteiger partial charge in [-0.2, -0.15) is 0 Å². The number of hydrogen-bond donors (Lipinski definition) is 2. The van der Waals surface area contributed by atoms with Gasteiger partial charge in [0, 0.05) is 18.5 Å². The third-order valence-corrected chi connectivity index (χ3v) is 3.68. The number of hydrogen-bond acceptors (Lipinski definition) is 3. The molecule has 0 aliphatic heterocycles. The predicted molar refractivity (Wildman–Crippen MR) is 88.9 cm³/mol. The first kappa shape index (κ1) is 20.7. The molecule has 1 aromatic rings. The van der Waals surface area contributed by atoms with E-state index in [9.17, 15) is 9.18 Å². The van der Waals surface area contributed by atoms with Crippen molar-refractivity contribution in [3.05, 3.63) is 30.1 Å². The van der Waals surface area contributed by atoms with Crippen LogP contribution < -0.4 is 15.8 Å². The number of nitrogens with two attached hydrogens (primary N) is 1. The molecule has 0 heterocycles. The number of ether oxygens (including phenoxy) is 1. The first-order valence-corrected chi connectivity index (χ1v) is 7.43. The SMILES string of the molecule is CCC(N)(CC)CNC(=O)CCCOc1ccc(F)cc1.Cl. The van der Waals surface area contributed by atoms with Crippen LogP contribution in [0.4, 0.5) is 4.39 Å². The lowest BCUT2D eigenvalue weighted by atomic mass is 9.94. The van der Waals surface area contributed by atoms with E-state index < -0.39 is 0 Å². The van der Waals surface area contributed by atoms with Gasteiger partial charge in [0.05, 0.1) is 6.61 Å². The van der Waals surface area contributed by atoms with Crippen molar-refractivity contribution in [1.82, 2.24) is 5.32 Å². The van der Waals surface area contributed by atoms with Gasteiger partial charge in [0.25, 0.3) is 0 Å². The van der Waals surface area contributed by atoms with Gasteiger partial charge >= 0.3 is 0 Å². The van der Waals surface area contributed by atoms with E-state index in [-0.39, 0.29) is 29.7 Å². The van der Waals surface area contributed by atoms with Gasteiger partial charge in [-0.25, -0.2) is 4.39 Å². The van der Waals surface area contributed by atoms with Crippen LogP contribution in [-0.4, -0.2) is 24.6 Å². The van der Waals surface area contributed by atoms with Crippen molar-refractivity contribution in [3.8, 4) is 5.75 Å². The van der Waals surface area contributed by atoms with Crippen molar-refractivity contribution in [2.45, 2.75) is 45.1 Å². The highest BCUT2D eigenvalue weighted by atomic mass is 35.5. The smallest absolute Gasteiger partial charge is 0.220 e. The predicted octanol–water partition coefficient (Wildman–Crippen LogP) is 3.04. The van der Waals surface area contributed by atoms with Crippen LogP contribution in [0.3, 0.4) is 0 Å². The molecule has 4 nitrogen and oxygen atoms in total. The topological polar surface area (TPSA) is 64.3 Å². The van der Waals surface area contributed by atoms with Crippen molar-refractivity contribution in [1.29, 1.82) is 0 Å². The summed E-state index contributed by atoms with van der Waals surface area (Å²) in [7, 11) is 0. The van der Waals surface area contributed by atoms with Crippen LogP contribution in [0.5, 0.6) is 5.75 Å². The summed E-state index contributed by atoms with van der Waals surface area (Å²) in [5.41, 5.74) is 5.80. The fourth-order valence-electron chi connectivity index (χ4n) is 1.82. The minimum absolute atomic E-state index is 0. The minimum Gasteiger partial charge on any atom is -0.494 e. The lowest BCUT2D eigenvalue weighted by Gasteiger charge is -2.26. The van der Waals surface area contributed by atoms with Crippen LogP contribution in [0.25, 0.3) is 0 Å². The molecule has 1 amide bonds. The fourth-order valence-corrected chi connectivity index (χ4v) is 1.82. The van der Waals surface area contributed by atoms with Crippen LogP contribution in [0, 0.1) is 5.82 Å². The Kier molecular flexibility index (Phi) is 9.78. The third-order valence-electron chi connectivity index (χ3n) is 3.68. The maximum Gasteiger partial charge on any atom is 0.220 e. The molecule has 0 atom stereocenters. The Morgan fingerprint density at radius 3 is 2.41 bits per heavy atom. The Labute approximate surface area is 138 Å². The molecule has 0 aromatic heterocycles. The van der Waals surface area contributed by atoms with Gasteiger partial charge in [-0.05, 0) is 43.5 Å². The van der Waals surface area contributed by atoms with Crippen LogP contribution in [0.2, 0.25) is 0 Å². The first-order valence-electron chi connectivity index (χ1n) is 7.43. The molecule has 0 fully saturated rings. The quantitative estimate of drug-likeness (QED) is 0.683. The monoisotopic (exact) mass is 332 g/mol. The number of halogens is 2. The van der Waals surface area contributed by atoms with E-state index in [4.69, 9.17) is 10.5 Å². The highest BCUT2D eigenvalue weighted by Crippen LogP contribution is 2.12. The Hall–Kier alpha value is -1.33. The molecule has 0 aliphatic carbocycles. The molecule has 0 spiro atoms. The molecule has 0 bridgehead atoms. The molecule has 0 radical (unpaired) electrons. The van der Waals surface area contributed by atoms with Gasteiger partial charge in [-0.1, -0.05) is 13.8 Å². The van der Waals surface area contributed by atoms with Gasteiger partial charge < -0.3 is 15.8 Å². The highest BCUT2D eigenvalue weighted by molar-refractivity contribution is 5.85. The second kappa shape index (κ2) is 10.4. The molecule has 0 saturated heterocycles. The van der Waals surface area contributed by atoms with Gasteiger partial charge in [-0.15, -0.1) is 12.4 Å². The molecule has 22 heavy (non-hydrogen) atoms. The number of amides is 1. The maximum absolute atomic E-state index is 12.7. The van der Waals surface area contributed by atoms with Gasteiger partial charge in [0.2, 0.25) is 5.91 Å². The molecule has 0 saturated carbocycles. The van der Waals surface area contributed by atoms with E-state index in [2.05, 4.69) is 5.32 Å². The van der Waals surface area contributed by atoms with Crippen molar-refractivity contribution in [2.24, 2.45) is 5.73 Å². The highest BCUT2D eigenvalue weighted by Gasteiger charge is 2.20. The van der Waals surface area contributed by atoms with Crippen LogP contribution >= 0.6 is 12.4 Å². The van der Waals surface area contributed by atoms with Crippen molar-refractivity contribution >= 4 is 18.3 Å². The summed E-state index contributed by atoms with van der Waals surface area (Å²) in [5.74, 6) is 0.294. The van der Waals surface area contributed by atoms with Gasteiger partial charge in [-0.3, -0.25) is 4.79 Å². The number of benzene rings is 1. The largest absolute Gasteiger partial charge is 0.494 e. The van der Waals surface area contributed by atoms with Gasteiger partial charge in [0.15, 0.2) is 0 Å². The van der Waals surface area contributed by atoms with Gasteiger partial charge in [0.1, 0.15) is 11.6 Å². The molecule has 1 rings (SSSR count). The summed E-state index contributed by atoms with van der Waals surface area (Å²) >= 11 is 0. The number of rotatable bonds is 9. The zero-order valence-corrected chi connectivity index (χ0v) is 14.0. The lowest BCUT2D eigenvalue weighted by Crippen LogP contribution is -2.49. The minimum atomic E-state index is -0.319. The van der Waals surface area contributed by atoms with E-state index in [1.165, 1.54) is 12.1 Å². The molecule has 0 aliphatic rings. The van der Waals surface area contributed by atoms with E-state index in [1.54, 1.807) is 12.1 Å². The van der Waals surface area contributed by atoms with E-state index in [0.717, 1.165) is 12.8 Å². The second-order valence-electron chi connectivity index (χ2n) is 5.25. The lowest BCUT2D eigenvalue weighted by molar-refractivity contribution is -0.121. The molecule has 6 heteroatoms. The van der Waals surface area contributed by atoms with E-state index in [0.29, 0.717) is 31.7 Å².